The fraction of sp³-hybridized carbons (Fsp3) is 0.286. The van der Waals surface area contributed by atoms with Crippen LogP contribution in [0.4, 0.5) is 0 Å². The molecule has 1 aromatic heterocycles. The lowest BCUT2D eigenvalue weighted by Gasteiger charge is -2.10. The van der Waals surface area contributed by atoms with E-state index in [9.17, 15) is 0 Å². The van der Waals surface area contributed by atoms with Gasteiger partial charge in [-0.15, -0.1) is 0 Å². The van der Waals surface area contributed by atoms with E-state index >= 15 is 0 Å². The zero-order valence-corrected chi connectivity index (χ0v) is 9.74. The average Bonchev–Trinajstić information content (AvgIpc) is 2.67. The highest BCUT2D eigenvalue weighted by atomic mass is 15.0. The van der Waals surface area contributed by atoms with Gasteiger partial charge in [0.2, 0.25) is 0 Å². The molecule has 2 aromatic rings. The van der Waals surface area contributed by atoms with Gasteiger partial charge in [0.15, 0.2) is 0 Å². The van der Waals surface area contributed by atoms with Crippen molar-refractivity contribution in [1.82, 2.24) is 4.57 Å². The number of benzene rings is 1. The molecule has 0 radical (unpaired) electrons. The Hall–Kier alpha value is -1.54. The van der Waals surface area contributed by atoms with Crippen LogP contribution in [-0.4, -0.2) is 4.57 Å². The lowest BCUT2D eigenvalue weighted by atomic mass is 10.2. The van der Waals surface area contributed by atoms with Gasteiger partial charge >= 0.3 is 0 Å². The molecule has 0 bridgehead atoms. The van der Waals surface area contributed by atoms with Crippen LogP contribution in [0.25, 0.3) is 10.9 Å². The van der Waals surface area contributed by atoms with Crippen molar-refractivity contribution in [2.24, 2.45) is 5.73 Å². The highest BCUT2D eigenvalue weighted by Gasteiger charge is 2.07. The molecular formula is C14H18N2. The van der Waals surface area contributed by atoms with Gasteiger partial charge in [-0.1, -0.05) is 37.3 Å². The molecule has 0 unspecified atom stereocenters. The Morgan fingerprint density at radius 2 is 2.12 bits per heavy atom. The first kappa shape index (κ1) is 11.0. The molecule has 0 saturated carbocycles. The van der Waals surface area contributed by atoms with Crippen LogP contribution in [0.1, 0.15) is 19.0 Å². The van der Waals surface area contributed by atoms with E-state index in [2.05, 4.69) is 48.4 Å². The summed E-state index contributed by atoms with van der Waals surface area (Å²) in [6, 6.07) is 10.5. The van der Waals surface area contributed by atoms with Gasteiger partial charge in [0.1, 0.15) is 0 Å². The lowest BCUT2D eigenvalue weighted by Crippen LogP contribution is -2.08. The third-order valence-corrected chi connectivity index (χ3v) is 2.99. The third kappa shape index (κ3) is 1.89. The van der Waals surface area contributed by atoms with E-state index in [1.807, 2.05) is 0 Å². The van der Waals surface area contributed by atoms with Crippen LogP contribution in [-0.2, 0) is 13.1 Å². The smallest absolute Gasteiger partial charge is 0.0485 e. The van der Waals surface area contributed by atoms with Gasteiger partial charge in [0.25, 0.3) is 0 Å². The number of hydrogen-bond acceptors (Lipinski definition) is 1. The van der Waals surface area contributed by atoms with Crippen LogP contribution in [0.3, 0.4) is 0 Å². The summed E-state index contributed by atoms with van der Waals surface area (Å²) in [5.74, 6) is 0. The Morgan fingerprint density at radius 3 is 2.81 bits per heavy atom. The zero-order chi connectivity index (χ0) is 11.5. The van der Waals surface area contributed by atoms with Crippen molar-refractivity contribution in [2.45, 2.75) is 26.4 Å². The van der Waals surface area contributed by atoms with E-state index in [1.54, 1.807) is 0 Å². The van der Waals surface area contributed by atoms with Crippen molar-refractivity contribution in [1.29, 1.82) is 0 Å². The number of nitrogens with zero attached hydrogens (tertiary/aromatic N) is 1. The quantitative estimate of drug-likeness (QED) is 0.779. The molecule has 2 rings (SSSR count). The average molecular weight is 214 g/mol. The molecule has 0 saturated heterocycles. The molecule has 0 aliphatic carbocycles. The Labute approximate surface area is 96.4 Å². The van der Waals surface area contributed by atoms with Gasteiger partial charge in [-0.25, -0.2) is 0 Å². The minimum Gasteiger partial charge on any atom is -0.339 e. The Balaban J connectivity index is 2.51. The summed E-state index contributed by atoms with van der Waals surface area (Å²) in [6.45, 7) is 7.65. The Morgan fingerprint density at radius 1 is 1.38 bits per heavy atom. The van der Waals surface area contributed by atoms with E-state index < -0.39 is 0 Å². The molecular weight excluding hydrogens is 196 g/mol. The molecule has 84 valence electrons. The normalized spacial score (nSPS) is 10.9. The van der Waals surface area contributed by atoms with E-state index in [0.29, 0.717) is 6.54 Å². The molecule has 2 nitrogen and oxygen atoms in total. The van der Waals surface area contributed by atoms with Crippen molar-refractivity contribution in [2.75, 3.05) is 0 Å². The van der Waals surface area contributed by atoms with Gasteiger partial charge in [-0.05, 0) is 23.9 Å². The molecule has 0 amide bonds. The number of aromatic nitrogens is 1. The van der Waals surface area contributed by atoms with Crippen molar-refractivity contribution < 1.29 is 0 Å². The molecule has 2 heteroatoms. The summed E-state index contributed by atoms with van der Waals surface area (Å²) in [7, 11) is 0. The maximum atomic E-state index is 5.78. The minimum atomic E-state index is 0.575. The van der Waals surface area contributed by atoms with Crippen LogP contribution >= 0.6 is 0 Å². The van der Waals surface area contributed by atoms with Crippen molar-refractivity contribution in [3.8, 4) is 0 Å². The lowest BCUT2D eigenvalue weighted by molar-refractivity contribution is 0.739. The summed E-state index contributed by atoms with van der Waals surface area (Å²) in [6.07, 6.45) is 1.01. The monoisotopic (exact) mass is 214 g/mol. The van der Waals surface area contributed by atoms with Crippen LogP contribution in [0.15, 0.2) is 42.5 Å². The van der Waals surface area contributed by atoms with Crippen LogP contribution in [0.2, 0.25) is 0 Å². The first-order valence-electron chi connectivity index (χ1n) is 5.70. The SMILES string of the molecule is C=C(CC)Cn1c(CN)cc2ccccc21. The Kier molecular flexibility index (Phi) is 3.11. The second-order valence-corrected chi connectivity index (χ2v) is 4.09. The number of para-hydroxylation sites is 1. The van der Waals surface area contributed by atoms with E-state index in [0.717, 1.165) is 13.0 Å². The summed E-state index contributed by atoms with van der Waals surface area (Å²) in [4.78, 5) is 0. The van der Waals surface area contributed by atoms with E-state index in [-0.39, 0.29) is 0 Å². The Bertz CT molecular complexity index is 508. The highest BCUT2D eigenvalue weighted by Crippen LogP contribution is 2.21. The van der Waals surface area contributed by atoms with E-state index in [4.69, 9.17) is 5.73 Å². The molecule has 1 aromatic carbocycles. The molecule has 0 fully saturated rings. The number of fused-ring (bicyclic) bond motifs is 1. The number of nitrogens with two attached hydrogens (primary N) is 1. The third-order valence-electron chi connectivity index (χ3n) is 2.99. The summed E-state index contributed by atoms with van der Waals surface area (Å²) in [5, 5.41) is 1.26. The van der Waals surface area contributed by atoms with Crippen LogP contribution in [0.5, 0.6) is 0 Å². The fourth-order valence-corrected chi connectivity index (χ4v) is 1.96. The zero-order valence-electron chi connectivity index (χ0n) is 9.74. The van der Waals surface area contributed by atoms with Crippen molar-refractivity contribution >= 4 is 10.9 Å². The number of rotatable bonds is 4. The number of hydrogen-bond donors (Lipinski definition) is 1. The summed E-state index contributed by atoms with van der Waals surface area (Å²) >= 11 is 0. The van der Waals surface area contributed by atoms with Gasteiger partial charge in [0, 0.05) is 24.3 Å². The van der Waals surface area contributed by atoms with Gasteiger partial charge in [-0.3, -0.25) is 0 Å². The second-order valence-electron chi connectivity index (χ2n) is 4.09. The molecule has 1 heterocycles. The van der Waals surface area contributed by atoms with Crippen molar-refractivity contribution in [3.05, 3.63) is 48.2 Å². The standard InChI is InChI=1S/C14H18N2/c1-3-11(2)10-16-13(9-15)8-12-6-4-5-7-14(12)16/h4-8H,2-3,9-10,15H2,1H3. The minimum absolute atomic E-state index is 0.575. The van der Waals surface area contributed by atoms with Crippen LogP contribution < -0.4 is 5.73 Å². The summed E-state index contributed by atoms with van der Waals surface area (Å²) < 4.78 is 2.27. The molecule has 2 N–H and O–H groups in total. The molecule has 0 spiro atoms. The van der Waals surface area contributed by atoms with Crippen LogP contribution in [0, 0.1) is 0 Å². The predicted molar refractivity (Wildman–Crippen MR) is 69.3 cm³/mol. The van der Waals surface area contributed by atoms with E-state index in [1.165, 1.54) is 22.2 Å². The summed E-state index contributed by atoms with van der Waals surface area (Å²) in [5.41, 5.74) is 9.44. The van der Waals surface area contributed by atoms with Gasteiger partial charge < -0.3 is 10.3 Å². The maximum absolute atomic E-state index is 5.78. The predicted octanol–water partition coefficient (Wildman–Crippen LogP) is 3.07. The second kappa shape index (κ2) is 4.54. The molecule has 0 atom stereocenters. The fourth-order valence-electron chi connectivity index (χ4n) is 1.96. The largest absolute Gasteiger partial charge is 0.339 e. The first-order chi connectivity index (χ1) is 7.76. The van der Waals surface area contributed by atoms with Gasteiger partial charge in [0.05, 0.1) is 0 Å². The maximum Gasteiger partial charge on any atom is 0.0485 e. The molecule has 0 aliphatic rings. The molecule has 16 heavy (non-hydrogen) atoms. The molecule has 0 aliphatic heterocycles. The first-order valence-corrected chi connectivity index (χ1v) is 5.70. The van der Waals surface area contributed by atoms with Crippen molar-refractivity contribution in [3.63, 3.8) is 0 Å². The highest BCUT2D eigenvalue weighted by molar-refractivity contribution is 5.81. The van der Waals surface area contributed by atoms with Gasteiger partial charge in [-0.2, -0.15) is 0 Å². The topological polar surface area (TPSA) is 30.9 Å². The number of allylic oxidation sites excluding steroid dienone is 1.